The van der Waals surface area contributed by atoms with Crippen molar-refractivity contribution in [3.63, 3.8) is 0 Å². The minimum absolute atomic E-state index is 0. The minimum Gasteiger partial charge on any atom is -0.338 e. The van der Waals surface area contributed by atoms with Gasteiger partial charge in [0, 0.05) is 13.1 Å². The van der Waals surface area contributed by atoms with Crippen LogP contribution >= 0.6 is 12.4 Å². The molecular weight excluding hydrogens is 324 g/mol. The molecule has 2 aromatic rings. The molecule has 6 heteroatoms. The third kappa shape index (κ3) is 3.19. The van der Waals surface area contributed by atoms with Crippen LogP contribution < -0.4 is 5.73 Å². The lowest BCUT2D eigenvalue weighted by Crippen LogP contribution is -2.34. The van der Waals surface area contributed by atoms with Crippen LogP contribution in [0, 0.1) is 19.3 Å². The summed E-state index contributed by atoms with van der Waals surface area (Å²) in [6.07, 6.45) is 2.64. The number of carbonyl (C=O) groups excluding carboxylic acids is 1. The maximum absolute atomic E-state index is 12.8. The molecule has 2 heterocycles. The Labute approximate surface area is 149 Å². The number of nitrogens with zero attached hydrogens (tertiary/aromatic N) is 3. The summed E-state index contributed by atoms with van der Waals surface area (Å²) in [4.78, 5) is 14.7. The van der Waals surface area contributed by atoms with Crippen molar-refractivity contribution in [1.29, 1.82) is 0 Å². The highest BCUT2D eigenvalue weighted by Crippen LogP contribution is 2.30. The van der Waals surface area contributed by atoms with E-state index in [0.29, 0.717) is 12.1 Å². The lowest BCUT2D eigenvalue weighted by atomic mass is 9.90. The molecule has 0 saturated carbocycles. The topological polar surface area (TPSA) is 64.2 Å². The fraction of sp³-hybridized carbons (Fsp3) is 0.444. The lowest BCUT2D eigenvalue weighted by Gasteiger charge is -2.22. The molecule has 0 spiro atoms. The summed E-state index contributed by atoms with van der Waals surface area (Å²) >= 11 is 0. The highest BCUT2D eigenvalue weighted by molar-refractivity contribution is 5.95. The van der Waals surface area contributed by atoms with Gasteiger partial charge in [0.2, 0.25) is 0 Å². The smallest absolute Gasteiger partial charge is 0.257 e. The SMILES string of the molecule is Cc1ccccc1-n1ncc(C(=O)N2CCC(C)(CN)C2)c1C.Cl. The Balaban J connectivity index is 0.00000208. The highest BCUT2D eigenvalue weighted by Gasteiger charge is 2.36. The number of hydrogen-bond acceptors (Lipinski definition) is 3. The average Bonchev–Trinajstić information content (AvgIpc) is 3.12. The quantitative estimate of drug-likeness (QED) is 0.927. The van der Waals surface area contributed by atoms with E-state index < -0.39 is 0 Å². The van der Waals surface area contributed by atoms with Crippen molar-refractivity contribution in [3.8, 4) is 5.69 Å². The second kappa shape index (κ2) is 6.95. The number of carbonyl (C=O) groups is 1. The molecule has 1 amide bonds. The summed E-state index contributed by atoms with van der Waals surface area (Å²) in [6, 6.07) is 8.05. The van der Waals surface area contributed by atoms with E-state index in [0.717, 1.165) is 36.5 Å². The van der Waals surface area contributed by atoms with Crippen LogP contribution in [0.5, 0.6) is 0 Å². The van der Waals surface area contributed by atoms with Crippen molar-refractivity contribution >= 4 is 18.3 Å². The summed E-state index contributed by atoms with van der Waals surface area (Å²) in [5.41, 5.74) is 9.58. The number of nitrogens with two attached hydrogens (primary N) is 1. The van der Waals surface area contributed by atoms with Crippen LogP contribution in [0.2, 0.25) is 0 Å². The van der Waals surface area contributed by atoms with Crippen LogP contribution in [0.3, 0.4) is 0 Å². The lowest BCUT2D eigenvalue weighted by molar-refractivity contribution is 0.0776. The van der Waals surface area contributed by atoms with Gasteiger partial charge in [0.15, 0.2) is 0 Å². The zero-order valence-electron chi connectivity index (χ0n) is 14.5. The molecule has 5 nitrogen and oxygen atoms in total. The van der Waals surface area contributed by atoms with Crippen molar-refractivity contribution < 1.29 is 4.79 Å². The highest BCUT2D eigenvalue weighted by atomic mass is 35.5. The third-order valence-corrected chi connectivity index (χ3v) is 4.92. The molecule has 1 aromatic heterocycles. The fourth-order valence-electron chi connectivity index (χ4n) is 3.20. The summed E-state index contributed by atoms with van der Waals surface area (Å²) in [5, 5.41) is 4.44. The van der Waals surface area contributed by atoms with Crippen LogP contribution in [-0.2, 0) is 0 Å². The van der Waals surface area contributed by atoms with E-state index in [2.05, 4.69) is 12.0 Å². The molecule has 1 atom stereocenters. The number of hydrogen-bond donors (Lipinski definition) is 1. The molecule has 0 aliphatic carbocycles. The first-order valence-corrected chi connectivity index (χ1v) is 8.05. The van der Waals surface area contributed by atoms with E-state index in [1.807, 2.05) is 47.7 Å². The molecule has 2 N–H and O–H groups in total. The monoisotopic (exact) mass is 348 g/mol. The number of rotatable bonds is 3. The van der Waals surface area contributed by atoms with Gasteiger partial charge in [-0.25, -0.2) is 4.68 Å². The maximum Gasteiger partial charge on any atom is 0.257 e. The summed E-state index contributed by atoms with van der Waals surface area (Å²) in [5.74, 6) is 0.0551. The Kier molecular flexibility index (Phi) is 5.35. The molecule has 1 aromatic carbocycles. The van der Waals surface area contributed by atoms with E-state index in [-0.39, 0.29) is 23.7 Å². The maximum atomic E-state index is 12.8. The van der Waals surface area contributed by atoms with Gasteiger partial charge in [-0.05, 0) is 43.9 Å². The van der Waals surface area contributed by atoms with E-state index >= 15 is 0 Å². The van der Waals surface area contributed by atoms with Crippen molar-refractivity contribution in [3.05, 3.63) is 47.3 Å². The van der Waals surface area contributed by atoms with Gasteiger partial charge in [-0.15, -0.1) is 12.4 Å². The van der Waals surface area contributed by atoms with Crippen LogP contribution in [-0.4, -0.2) is 40.2 Å². The van der Waals surface area contributed by atoms with Crippen LogP contribution in [0.1, 0.15) is 35.0 Å². The largest absolute Gasteiger partial charge is 0.338 e. The second-order valence-electron chi connectivity index (χ2n) is 6.83. The van der Waals surface area contributed by atoms with Gasteiger partial charge in [0.25, 0.3) is 5.91 Å². The van der Waals surface area contributed by atoms with E-state index in [9.17, 15) is 4.79 Å². The predicted octanol–water partition coefficient (Wildman–Crippen LogP) is 2.72. The molecule has 1 aliphatic heterocycles. The number of amides is 1. The van der Waals surface area contributed by atoms with E-state index in [1.54, 1.807) is 6.20 Å². The molecule has 24 heavy (non-hydrogen) atoms. The Morgan fingerprint density at radius 3 is 2.67 bits per heavy atom. The molecule has 1 saturated heterocycles. The Hall–Kier alpha value is -1.85. The molecule has 1 unspecified atom stereocenters. The number of benzene rings is 1. The Morgan fingerprint density at radius 2 is 2.04 bits per heavy atom. The van der Waals surface area contributed by atoms with Gasteiger partial charge in [-0.1, -0.05) is 25.1 Å². The normalized spacial score (nSPS) is 20.1. The van der Waals surface area contributed by atoms with Gasteiger partial charge in [-0.3, -0.25) is 4.79 Å². The van der Waals surface area contributed by atoms with E-state index in [4.69, 9.17) is 5.73 Å². The molecule has 0 radical (unpaired) electrons. The predicted molar refractivity (Wildman–Crippen MR) is 98.0 cm³/mol. The molecule has 1 aliphatic rings. The first-order chi connectivity index (χ1) is 10.9. The number of para-hydroxylation sites is 1. The van der Waals surface area contributed by atoms with Crippen LogP contribution in [0.25, 0.3) is 5.69 Å². The number of likely N-dealkylation sites (tertiary alicyclic amines) is 1. The summed E-state index contributed by atoms with van der Waals surface area (Å²) < 4.78 is 1.85. The number of halogens is 1. The summed E-state index contributed by atoms with van der Waals surface area (Å²) in [7, 11) is 0. The molecule has 0 bridgehead atoms. The van der Waals surface area contributed by atoms with Gasteiger partial charge >= 0.3 is 0 Å². The Bertz CT molecular complexity index is 742. The first kappa shape index (κ1) is 18.5. The fourth-order valence-corrected chi connectivity index (χ4v) is 3.20. The van der Waals surface area contributed by atoms with Crippen molar-refractivity contribution in [2.24, 2.45) is 11.1 Å². The van der Waals surface area contributed by atoms with Crippen molar-refractivity contribution in [2.75, 3.05) is 19.6 Å². The average molecular weight is 349 g/mol. The Morgan fingerprint density at radius 1 is 1.33 bits per heavy atom. The standard InChI is InChI=1S/C18H24N4O.ClH/c1-13-6-4-5-7-16(13)22-14(2)15(10-20-22)17(23)21-9-8-18(3,11-19)12-21;/h4-7,10H,8-9,11-12,19H2,1-3H3;1H. The third-order valence-electron chi connectivity index (χ3n) is 4.92. The molecule has 3 rings (SSSR count). The van der Waals surface area contributed by atoms with Crippen LogP contribution in [0.4, 0.5) is 0 Å². The summed E-state index contributed by atoms with van der Waals surface area (Å²) in [6.45, 7) is 8.23. The zero-order chi connectivity index (χ0) is 16.6. The van der Waals surface area contributed by atoms with E-state index in [1.165, 1.54) is 0 Å². The number of aromatic nitrogens is 2. The van der Waals surface area contributed by atoms with Gasteiger partial charge in [0.1, 0.15) is 0 Å². The van der Waals surface area contributed by atoms with Crippen molar-refractivity contribution in [1.82, 2.24) is 14.7 Å². The molecular formula is C18H25ClN4O. The second-order valence-corrected chi connectivity index (χ2v) is 6.83. The number of aryl methyl sites for hydroxylation is 1. The van der Waals surface area contributed by atoms with Gasteiger partial charge in [0.05, 0.1) is 23.1 Å². The minimum atomic E-state index is 0. The van der Waals surface area contributed by atoms with Crippen molar-refractivity contribution in [2.45, 2.75) is 27.2 Å². The van der Waals surface area contributed by atoms with Gasteiger partial charge in [-0.2, -0.15) is 5.10 Å². The first-order valence-electron chi connectivity index (χ1n) is 8.05. The molecule has 1 fully saturated rings. The molecule has 130 valence electrons. The van der Waals surface area contributed by atoms with Crippen LogP contribution in [0.15, 0.2) is 30.5 Å². The zero-order valence-corrected chi connectivity index (χ0v) is 15.3. The van der Waals surface area contributed by atoms with Gasteiger partial charge < -0.3 is 10.6 Å².